The molecule has 262 valence electrons. The van der Waals surface area contributed by atoms with Gasteiger partial charge in [0.05, 0.1) is 17.9 Å². The summed E-state index contributed by atoms with van der Waals surface area (Å²) in [5, 5.41) is 4.31. The lowest BCUT2D eigenvalue weighted by Gasteiger charge is -2.10. The van der Waals surface area contributed by atoms with Crippen LogP contribution in [0.2, 0.25) is 0 Å². The summed E-state index contributed by atoms with van der Waals surface area (Å²) in [4.78, 5) is 14.8. The number of hydrogen-bond donors (Lipinski definition) is 0. The van der Waals surface area contributed by atoms with Crippen molar-refractivity contribution in [3.05, 3.63) is 194 Å². The number of benzene rings is 8. The van der Waals surface area contributed by atoms with Crippen molar-refractivity contribution in [2.75, 3.05) is 0 Å². The average Bonchev–Trinajstić information content (AvgIpc) is 3.85. The summed E-state index contributed by atoms with van der Waals surface area (Å²) in [6, 6.07) is 52.9. The molecule has 8 aromatic carbocycles. The highest BCUT2D eigenvalue weighted by Gasteiger charge is 2.18. The molecule has 0 aliphatic heterocycles. The van der Waals surface area contributed by atoms with Gasteiger partial charge < -0.3 is 8.98 Å². The molecule has 3 heterocycles. The maximum atomic E-state index is 8.57. The Morgan fingerprint density at radius 2 is 0.982 bits per heavy atom. The average molecular weight is 722 g/mol. The van der Waals surface area contributed by atoms with Crippen LogP contribution in [-0.4, -0.2) is 19.5 Å². The second kappa shape index (κ2) is 13.0. The van der Waals surface area contributed by atoms with E-state index in [-0.39, 0.29) is 17.6 Å². The third kappa shape index (κ3) is 5.45. The fourth-order valence-electron chi connectivity index (χ4n) is 7.66. The number of rotatable bonds is 6. The summed E-state index contributed by atoms with van der Waals surface area (Å²) in [6.45, 7) is 0. The minimum Gasteiger partial charge on any atom is -0.456 e. The van der Waals surface area contributed by atoms with Gasteiger partial charge in [0.25, 0.3) is 0 Å². The Hall–Kier alpha value is -7.63. The van der Waals surface area contributed by atoms with Gasteiger partial charge in [-0.1, -0.05) is 145 Å². The number of hydrogen-bond acceptors (Lipinski definition) is 4. The molecule has 0 aliphatic rings. The summed E-state index contributed by atoms with van der Waals surface area (Å²) in [7, 11) is 0. The fraction of sp³-hybridized carbons (Fsp3) is 0. The molecule has 5 nitrogen and oxygen atoms in total. The van der Waals surface area contributed by atoms with Gasteiger partial charge in [0, 0.05) is 43.9 Å². The van der Waals surface area contributed by atoms with E-state index in [4.69, 9.17) is 26.2 Å². The molecule has 0 saturated heterocycles. The highest BCUT2D eigenvalue weighted by atomic mass is 16.3. The summed E-state index contributed by atoms with van der Waals surface area (Å²) in [5.41, 5.74) is 9.72. The number of para-hydroxylation sites is 1. The SMILES string of the molecule is [2H]c1c([2H])c([2H])c(-c2cccc(-c3nc(-c4ccccc4)nc(-c4ccc5c(c4)oc4ccc(-n6c7ccccc7c7ccc(-c8ccccc8)cc76)cc45)n3)c2)c([2H])c1[2H]. The smallest absolute Gasteiger partial charge is 0.164 e. The lowest BCUT2D eigenvalue weighted by molar-refractivity contribution is 0.669. The van der Waals surface area contributed by atoms with E-state index in [1.807, 2.05) is 66.7 Å². The third-order valence-electron chi connectivity index (χ3n) is 10.3. The molecule has 11 rings (SSSR count). The molecule has 0 atom stereocenters. The van der Waals surface area contributed by atoms with E-state index >= 15 is 0 Å². The molecular formula is C51H32N4O. The number of nitrogens with zero attached hydrogens (tertiary/aromatic N) is 4. The van der Waals surface area contributed by atoms with E-state index in [1.165, 1.54) is 10.8 Å². The van der Waals surface area contributed by atoms with E-state index in [1.54, 1.807) is 18.2 Å². The summed E-state index contributed by atoms with van der Waals surface area (Å²) < 4.78 is 50.5. The van der Waals surface area contributed by atoms with E-state index in [9.17, 15) is 0 Å². The van der Waals surface area contributed by atoms with Gasteiger partial charge in [0.1, 0.15) is 11.2 Å². The predicted molar refractivity (Wildman–Crippen MR) is 229 cm³/mol. The zero-order valence-corrected chi connectivity index (χ0v) is 29.8. The molecule has 3 aromatic heterocycles. The summed E-state index contributed by atoms with van der Waals surface area (Å²) in [6.07, 6.45) is 0. The van der Waals surface area contributed by atoms with Crippen LogP contribution in [0.5, 0.6) is 0 Å². The molecule has 56 heavy (non-hydrogen) atoms. The van der Waals surface area contributed by atoms with Crippen LogP contribution < -0.4 is 0 Å². The van der Waals surface area contributed by atoms with Crippen molar-refractivity contribution in [1.29, 1.82) is 0 Å². The van der Waals surface area contributed by atoms with E-state index < -0.39 is 18.1 Å². The van der Waals surface area contributed by atoms with Crippen LogP contribution in [-0.2, 0) is 0 Å². The maximum absolute atomic E-state index is 8.57. The van der Waals surface area contributed by atoms with Gasteiger partial charge in [-0.25, -0.2) is 15.0 Å². The molecule has 11 aromatic rings. The lowest BCUT2D eigenvalue weighted by Crippen LogP contribution is -2.00. The fourth-order valence-corrected chi connectivity index (χ4v) is 7.66. The van der Waals surface area contributed by atoms with Gasteiger partial charge in [0.15, 0.2) is 17.5 Å². The zero-order valence-electron chi connectivity index (χ0n) is 34.8. The summed E-state index contributed by atoms with van der Waals surface area (Å²) >= 11 is 0. The third-order valence-corrected chi connectivity index (χ3v) is 10.3. The molecule has 0 aliphatic carbocycles. The molecule has 5 heteroatoms. The Morgan fingerprint density at radius 1 is 0.375 bits per heavy atom. The van der Waals surface area contributed by atoms with Gasteiger partial charge in [-0.2, -0.15) is 0 Å². The number of furan rings is 1. The van der Waals surface area contributed by atoms with Gasteiger partial charge in [-0.3, -0.25) is 0 Å². The first-order chi connectivity index (χ1) is 29.8. The molecule has 0 amide bonds. The first-order valence-corrected chi connectivity index (χ1v) is 18.4. The van der Waals surface area contributed by atoms with Crippen molar-refractivity contribution >= 4 is 43.7 Å². The predicted octanol–water partition coefficient (Wildman–Crippen LogP) is 13.2. The molecule has 0 radical (unpaired) electrons. The Bertz CT molecular complexity index is 3520. The highest BCUT2D eigenvalue weighted by Crippen LogP contribution is 2.38. The second-order valence-electron chi connectivity index (χ2n) is 13.7. The first kappa shape index (κ1) is 27.0. The van der Waals surface area contributed by atoms with Crippen LogP contribution in [0.4, 0.5) is 0 Å². The topological polar surface area (TPSA) is 56.7 Å². The van der Waals surface area contributed by atoms with Crippen molar-refractivity contribution in [2.45, 2.75) is 0 Å². The standard InChI is InChI=1S/C51H32N4O/c1-4-13-33(14-5-1)36-19-12-20-38(29-36)50-52-49(35-17-8-3-9-18-35)53-51(54-50)39-24-27-43-44-32-40(25-28-47(44)56-48(43)31-39)55-45-22-11-10-21-41(45)42-26-23-37(30-46(42)55)34-15-6-2-7-16-34/h1-32H/i1D,4D,5D,13D,14D. The van der Waals surface area contributed by atoms with Crippen molar-refractivity contribution in [3.63, 3.8) is 0 Å². The molecule has 0 unspecified atom stereocenters. The molecule has 0 fully saturated rings. The Balaban J connectivity index is 1.03. The van der Waals surface area contributed by atoms with Crippen LogP contribution >= 0.6 is 0 Å². The minimum absolute atomic E-state index is 0.110. The van der Waals surface area contributed by atoms with Crippen molar-refractivity contribution in [2.24, 2.45) is 0 Å². The van der Waals surface area contributed by atoms with Gasteiger partial charge >= 0.3 is 0 Å². The van der Waals surface area contributed by atoms with E-state index in [0.717, 1.165) is 55.3 Å². The largest absolute Gasteiger partial charge is 0.456 e. The van der Waals surface area contributed by atoms with Crippen LogP contribution in [0.15, 0.2) is 198 Å². The van der Waals surface area contributed by atoms with Crippen LogP contribution in [0.25, 0.3) is 106 Å². The normalized spacial score (nSPS) is 12.8. The van der Waals surface area contributed by atoms with Gasteiger partial charge in [-0.05, 0) is 70.8 Å². The van der Waals surface area contributed by atoms with Crippen LogP contribution in [0.3, 0.4) is 0 Å². The second-order valence-corrected chi connectivity index (χ2v) is 13.7. The van der Waals surface area contributed by atoms with Gasteiger partial charge in [0.2, 0.25) is 0 Å². The van der Waals surface area contributed by atoms with E-state index in [2.05, 4.69) is 83.4 Å². The van der Waals surface area contributed by atoms with Crippen molar-refractivity contribution in [1.82, 2.24) is 19.5 Å². The molecule has 0 spiro atoms. The Morgan fingerprint density at radius 3 is 1.79 bits per heavy atom. The van der Waals surface area contributed by atoms with Crippen molar-refractivity contribution < 1.29 is 11.3 Å². The lowest BCUT2D eigenvalue weighted by atomic mass is 10.0. The van der Waals surface area contributed by atoms with E-state index in [0.29, 0.717) is 34.2 Å². The Labute approximate surface area is 329 Å². The monoisotopic (exact) mass is 721 g/mol. The molecule has 0 saturated carbocycles. The molecule has 0 bridgehead atoms. The summed E-state index contributed by atoms with van der Waals surface area (Å²) in [5.74, 6) is 1.26. The Kier molecular flexibility index (Phi) is 6.29. The quantitative estimate of drug-likeness (QED) is 0.172. The number of aromatic nitrogens is 4. The van der Waals surface area contributed by atoms with Crippen molar-refractivity contribution in [3.8, 4) is 62.1 Å². The molecule has 0 N–H and O–H groups in total. The van der Waals surface area contributed by atoms with Gasteiger partial charge in [-0.15, -0.1) is 0 Å². The highest BCUT2D eigenvalue weighted by molar-refractivity contribution is 6.11. The van der Waals surface area contributed by atoms with Crippen LogP contribution in [0, 0.1) is 0 Å². The maximum Gasteiger partial charge on any atom is 0.164 e. The van der Waals surface area contributed by atoms with Crippen LogP contribution in [0.1, 0.15) is 6.85 Å². The molecular weight excluding hydrogens is 685 g/mol. The first-order valence-electron chi connectivity index (χ1n) is 20.9. The zero-order chi connectivity index (χ0) is 41.4. The number of fused-ring (bicyclic) bond motifs is 6. The minimum atomic E-state index is -0.438.